The molecule has 2 heterocycles. The van der Waals surface area contributed by atoms with Crippen LogP contribution in [0.25, 0.3) is 0 Å². The number of esters is 1. The summed E-state index contributed by atoms with van der Waals surface area (Å²) in [6.07, 6.45) is 0. The second-order valence-electron chi connectivity index (χ2n) is 10.3. The van der Waals surface area contributed by atoms with Crippen molar-refractivity contribution in [1.82, 2.24) is 8.61 Å². The third-order valence-electron chi connectivity index (χ3n) is 6.50. The van der Waals surface area contributed by atoms with Crippen LogP contribution in [-0.2, 0) is 34.7 Å². The minimum atomic E-state index is -4.03. The van der Waals surface area contributed by atoms with E-state index >= 15 is 0 Å². The molecule has 20 heteroatoms. The van der Waals surface area contributed by atoms with Crippen LogP contribution in [0.4, 0.5) is 11.4 Å². The van der Waals surface area contributed by atoms with E-state index < -0.39 is 38.9 Å². The van der Waals surface area contributed by atoms with Crippen molar-refractivity contribution < 1.29 is 36.3 Å². The Labute approximate surface area is 291 Å². The highest BCUT2D eigenvalue weighted by Gasteiger charge is 2.41. The van der Waals surface area contributed by atoms with E-state index in [1.165, 1.54) is 31.4 Å². The number of hydrogen-bond donors (Lipinski definition) is 1. The fraction of sp³-hybridized carbons (Fsp3) is 0.440. The molecule has 0 radical (unpaired) electrons. The van der Waals surface area contributed by atoms with Crippen molar-refractivity contribution in [3.8, 4) is 0 Å². The number of carbonyl (C=O) groups is 2. The van der Waals surface area contributed by atoms with Gasteiger partial charge in [-0.05, 0) is 36.1 Å². The summed E-state index contributed by atoms with van der Waals surface area (Å²) in [6.45, 7) is 3.36. The van der Waals surface area contributed by atoms with Crippen LogP contribution in [0.1, 0.15) is 13.8 Å². The molecule has 0 spiro atoms. The molecule has 45 heavy (non-hydrogen) atoms. The SMILES string of the molecule is CC1CN(CC(=O)O)S(=O)(=O)N(c2c(Cl)cc(Cl)cc2Cl)C1.COC(=O)CN1CC(C)CN(c2c(Cl)cc(Cl)cc2Cl)S1(=O)=O. The van der Waals surface area contributed by atoms with Crippen molar-refractivity contribution >= 4 is 113 Å². The molecule has 250 valence electrons. The van der Waals surface area contributed by atoms with Gasteiger partial charge in [0.2, 0.25) is 0 Å². The first kappa shape index (κ1) is 38.0. The van der Waals surface area contributed by atoms with Crippen molar-refractivity contribution in [1.29, 1.82) is 0 Å². The highest BCUT2D eigenvalue weighted by molar-refractivity contribution is 7.90. The van der Waals surface area contributed by atoms with Gasteiger partial charge in [0, 0.05) is 36.2 Å². The molecule has 0 amide bonds. The summed E-state index contributed by atoms with van der Waals surface area (Å²) < 4.78 is 59.5. The zero-order chi connectivity index (χ0) is 34.0. The molecule has 2 saturated heterocycles. The normalized spacial score (nSPS) is 21.5. The molecular formula is C25H28Cl6N4O8S2. The lowest BCUT2D eigenvalue weighted by molar-refractivity contribution is -0.141. The molecule has 2 aliphatic rings. The fourth-order valence-electron chi connectivity index (χ4n) is 4.64. The summed E-state index contributed by atoms with van der Waals surface area (Å²) >= 11 is 36.2. The molecule has 2 fully saturated rings. The Kier molecular flexibility index (Phi) is 12.8. The lowest BCUT2D eigenvalue weighted by Crippen LogP contribution is -2.54. The zero-order valence-electron chi connectivity index (χ0n) is 23.9. The van der Waals surface area contributed by atoms with Crippen LogP contribution < -0.4 is 8.61 Å². The van der Waals surface area contributed by atoms with Crippen LogP contribution in [0.5, 0.6) is 0 Å². The third kappa shape index (κ3) is 8.92. The van der Waals surface area contributed by atoms with Gasteiger partial charge in [-0.2, -0.15) is 25.4 Å². The number of carbonyl (C=O) groups excluding carboxylic acids is 1. The molecule has 2 aliphatic heterocycles. The van der Waals surface area contributed by atoms with Crippen molar-refractivity contribution in [2.75, 3.05) is 55.0 Å². The number of ether oxygens (including phenoxy) is 1. The van der Waals surface area contributed by atoms with Gasteiger partial charge in [-0.3, -0.25) is 18.2 Å². The van der Waals surface area contributed by atoms with Gasteiger partial charge < -0.3 is 9.84 Å². The summed E-state index contributed by atoms with van der Waals surface area (Å²) in [5, 5.41) is 9.90. The van der Waals surface area contributed by atoms with Gasteiger partial charge in [-0.15, -0.1) is 0 Å². The lowest BCUT2D eigenvalue weighted by atomic mass is 10.1. The molecule has 2 unspecified atom stereocenters. The second-order valence-corrected chi connectivity index (χ2v) is 16.5. The van der Waals surface area contributed by atoms with E-state index in [2.05, 4.69) is 4.74 Å². The quantitative estimate of drug-likeness (QED) is 0.375. The van der Waals surface area contributed by atoms with E-state index in [-0.39, 0.29) is 81.0 Å². The molecule has 2 atom stereocenters. The second kappa shape index (κ2) is 15.2. The number of methoxy groups -OCH3 is 1. The Morgan fingerprint density at radius 1 is 0.711 bits per heavy atom. The Morgan fingerprint density at radius 2 is 1.04 bits per heavy atom. The van der Waals surface area contributed by atoms with Gasteiger partial charge in [-0.25, -0.2) is 0 Å². The van der Waals surface area contributed by atoms with Gasteiger partial charge in [-0.1, -0.05) is 83.5 Å². The number of benzene rings is 2. The number of nitrogens with zero attached hydrogens (tertiary/aromatic N) is 4. The number of halogens is 6. The van der Waals surface area contributed by atoms with Gasteiger partial charge in [0.1, 0.15) is 13.1 Å². The molecule has 1 N–H and O–H groups in total. The first-order valence-corrected chi connectivity index (χ1v) is 18.0. The van der Waals surface area contributed by atoms with Crippen molar-refractivity contribution in [3.63, 3.8) is 0 Å². The van der Waals surface area contributed by atoms with Crippen molar-refractivity contribution in [3.05, 3.63) is 54.4 Å². The monoisotopic (exact) mass is 786 g/mol. The van der Waals surface area contributed by atoms with Crippen molar-refractivity contribution in [2.24, 2.45) is 11.8 Å². The average Bonchev–Trinajstić information content (AvgIpc) is 2.88. The van der Waals surface area contributed by atoms with E-state index in [9.17, 15) is 26.4 Å². The van der Waals surface area contributed by atoms with Crippen LogP contribution >= 0.6 is 69.6 Å². The van der Waals surface area contributed by atoms with Crippen LogP contribution in [0, 0.1) is 11.8 Å². The Bertz CT molecular complexity index is 1640. The maximum atomic E-state index is 12.8. The summed E-state index contributed by atoms with van der Waals surface area (Å²) in [5.41, 5.74) is 0.258. The van der Waals surface area contributed by atoms with Crippen molar-refractivity contribution in [2.45, 2.75) is 13.8 Å². The number of carboxylic acids is 1. The Balaban J connectivity index is 0.000000246. The Hall–Kier alpha value is -1.46. The van der Waals surface area contributed by atoms with Gasteiger partial charge >= 0.3 is 32.4 Å². The minimum Gasteiger partial charge on any atom is -0.480 e. The minimum absolute atomic E-state index is 0.0361. The van der Waals surface area contributed by atoms with E-state index in [0.29, 0.717) is 5.02 Å². The molecule has 4 rings (SSSR count). The van der Waals surface area contributed by atoms with Crippen LogP contribution in [0.15, 0.2) is 24.3 Å². The zero-order valence-corrected chi connectivity index (χ0v) is 30.1. The number of hydrogen-bond acceptors (Lipinski definition) is 7. The molecule has 0 saturated carbocycles. The number of carboxylic acid groups (broad SMARTS) is 1. The first-order valence-electron chi connectivity index (χ1n) is 12.9. The molecular weight excluding hydrogens is 761 g/mol. The molecule has 0 bridgehead atoms. The van der Waals surface area contributed by atoms with Crippen LogP contribution in [0.2, 0.25) is 30.1 Å². The molecule has 2 aromatic rings. The highest BCUT2D eigenvalue weighted by atomic mass is 35.5. The molecule has 12 nitrogen and oxygen atoms in total. The van der Waals surface area contributed by atoms with E-state index in [1.807, 2.05) is 13.8 Å². The number of anilines is 2. The van der Waals surface area contributed by atoms with E-state index in [1.54, 1.807) is 0 Å². The van der Waals surface area contributed by atoms with E-state index in [4.69, 9.17) is 74.7 Å². The van der Waals surface area contributed by atoms with Crippen LogP contribution in [0.3, 0.4) is 0 Å². The lowest BCUT2D eigenvalue weighted by Gasteiger charge is -2.39. The summed E-state index contributed by atoms with van der Waals surface area (Å²) in [7, 11) is -6.79. The number of aliphatic carboxylic acids is 1. The maximum absolute atomic E-state index is 12.8. The molecule has 0 aliphatic carbocycles. The van der Waals surface area contributed by atoms with Gasteiger partial charge in [0.15, 0.2) is 0 Å². The highest BCUT2D eigenvalue weighted by Crippen LogP contribution is 2.41. The van der Waals surface area contributed by atoms with Gasteiger partial charge in [0.25, 0.3) is 0 Å². The van der Waals surface area contributed by atoms with Gasteiger partial charge in [0.05, 0.1) is 38.6 Å². The Morgan fingerprint density at radius 3 is 1.36 bits per heavy atom. The third-order valence-corrected chi connectivity index (χ3v) is 11.7. The maximum Gasteiger partial charge on any atom is 0.321 e. The number of rotatable bonds is 6. The summed E-state index contributed by atoms with van der Waals surface area (Å²) in [6, 6.07) is 5.62. The predicted molar refractivity (Wildman–Crippen MR) is 177 cm³/mol. The topological polar surface area (TPSA) is 145 Å². The smallest absolute Gasteiger partial charge is 0.321 e. The average molecular weight is 789 g/mol. The molecule has 2 aromatic carbocycles. The summed E-state index contributed by atoms with van der Waals surface area (Å²) in [4.78, 5) is 22.4. The first-order chi connectivity index (χ1) is 20.8. The standard InChI is InChI=1S/C13H15Cl3N2O4S.C12H13Cl3N2O4S/c1-8-5-17(7-12(19)22-2)23(20,21)18(6-8)13-10(15)3-9(14)4-11(13)16;1-7-4-16(6-11(18)19)22(20,21)17(5-7)12-9(14)2-8(13)3-10(12)15/h3-4,8H,5-7H2,1-2H3;2-3,7H,4-6H2,1H3,(H,18,19). The van der Waals surface area contributed by atoms with Crippen LogP contribution in [-0.4, -0.2) is 88.9 Å². The fourth-order valence-corrected chi connectivity index (χ4v) is 10.6. The predicted octanol–water partition coefficient (Wildman–Crippen LogP) is 5.56. The molecule has 0 aromatic heterocycles. The summed E-state index contributed by atoms with van der Waals surface area (Å²) in [5.74, 6) is -2.00. The van der Waals surface area contributed by atoms with E-state index in [0.717, 1.165) is 17.2 Å². The largest absolute Gasteiger partial charge is 0.480 e.